The standard InChI is InChI=1S/C4H10O3S.C4H6O2.C3H5NO/c1-4(2)3-8(5,6)7;1-3(2)4(5)6;1-2-3(4)5/h4H,3H2,1-2H3,(H,5,6,7);1H2,2H3,(H,5,6);2H,1H2,(H2,4,5). The van der Waals surface area contributed by atoms with Gasteiger partial charge in [-0.25, -0.2) is 4.79 Å². The Morgan fingerprint density at radius 2 is 1.63 bits per heavy atom. The predicted octanol–water partition coefficient (Wildman–Crippen LogP) is 0.835. The fourth-order valence-corrected chi connectivity index (χ4v) is 1.26. The Bertz CT molecular complexity index is 399. The van der Waals surface area contributed by atoms with Crippen molar-refractivity contribution in [2.24, 2.45) is 11.7 Å². The Labute approximate surface area is 113 Å². The fraction of sp³-hybridized carbons (Fsp3) is 0.455. The second kappa shape index (κ2) is 11.4. The number of primary amides is 1. The molecule has 0 aromatic rings. The van der Waals surface area contributed by atoms with Crippen molar-refractivity contribution in [3.05, 3.63) is 24.8 Å². The van der Waals surface area contributed by atoms with Crippen molar-refractivity contribution >= 4 is 22.0 Å². The lowest BCUT2D eigenvalue weighted by atomic mass is 10.3. The first-order valence-corrected chi connectivity index (χ1v) is 6.70. The van der Waals surface area contributed by atoms with Crippen molar-refractivity contribution < 1.29 is 27.7 Å². The zero-order valence-electron chi connectivity index (χ0n) is 11.3. The number of carboxylic acids is 1. The minimum atomic E-state index is -3.72. The molecule has 0 saturated heterocycles. The van der Waals surface area contributed by atoms with Crippen LogP contribution in [0.3, 0.4) is 0 Å². The zero-order valence-corrected chi connectivity index (χ0v) is 12.1. The van der Waals surface area contributed by atoms with E-state index in [-0.39, 0.29) is 17.2 Å². The molecule has 8 heteroatoms. The minimum Gasteiger partial charge on any atom is -0.478 e. The second-order valence-corrected chi connectivity index (χ2v) is 5.33. The third-order valence-electron chi connectivity index (χ3n) is 1.11. The number of rotatable bonds is 4. The van der Waals surface area contributed by atoms with E-state index in [1.807, 2.05) is 0 Å². The van der Waals surface area contributed by atoms with Gasteiger partial charge in [0.25, 0.3) is 10.1 Å². The molecule has 0 aromatic heterocycles. The maximum Gasteiger partial charge on any atom is 0.330 e. The molecule has 0 fully saturated rings. The van der Waals surface area contributed by atoms with Crippen molar-refractivity contribution in [3.8, 4) is 0 Å². The van der Waals surface area contributed by atoms with Crippen molar-refractivity contribution in [2.75, 3.05) is 5.75 Å². The molecule has 0 heterocycles. The molecule has 0 saturated carbocycles. The number of hydrogen-bond acceptors (Lipinski definition) is 4. The summed E-state index contributed by atoms with van der Waals surface area (Å²) in [5.41, 5.74) is 4.71. The van der Waals surface area contributed by atoms with E-state index in [0.29, 0.717) is 0 Å². The van der Waals surface area contributed by atoms with Crippen molar-refractivity contribution in [1.82, 2.24) is 0 Å². The summed E-state index contributed by atoms with van der Waals surface area (Å²) in [6.45, 7) is 11.1. The molecule has 0 aliphatic rings. The highest BCUT2D eigenvalue weighted by atomic mass is 32.2. The molecule has 1 amide bonds. The van der Waals surface area contributed by atoms with E-state index in [4.69, 9.17) is 9.66 Å². The summed E-state index contributed by atoms with van der Waals surface area (Å²) < 4.78 is 28.2. The number of nitrogens with two attached hydrogens (primary N) is 1. The summed E-state index contributed by atoms with van der Waals surface area (Å²) in [5, 5.41) is 7.89. The van der Waals surface area contributed by atoms with Gasteiger partial charge in [-0.2, -0.15) is 8.42 Å². The summed E-state index contributed by atoms with van der Waals surface area (Å²) in [5.74, 6) is -1.56. The lowest BCUT2D eigenvalue weighted by Crippen LogP contribution is -2.09. The highest BCUT2D eigenvalue weighted by Gasteiger charge is 2.06. The van der Waals surface area contributed by atoms with Gasteiger partial charge in [-0.05, 0) is 18.9 Å². The maximum absolute atomic E-state index is 10.00. The quantitative estimate of drug-likeness (QED) is 0.519. The van der Waals surface area contributed by atoms with Crippen LogP contribution in [-0.4, -0.2) is 35.7 Å². The Balaban J connectivity index is -0.000000209. The lowest BCUT2D eigenvalue weighted by molar-refractivity contribution is -0.132. The van der Waals surface area contributed by atoms with Crippen LogP contribution in [-0.2, 0) is 19.7 Å². The van der Waals surface area contributed by atoms with E-state index in [1.165, 1.54) is 6.92 Å². The third-order valence-corrected chi connectivity index (χ3v) is 2.20. The van der Waals surface area contributed by atoms with E-state index < -0.39 is 22.0 Å². The highest BCUT2D eigenvalue weighted by Crippen LogP contribution is 1.95. The molecule has 7 nitrogen and oxygen atoms in total. The molecule has 0 bridgehead atoms. The SMILES string of the molecule is C=C(C)C(=O)O.C=CC(N)=O.CC(C)CS(=O)(=O)O. The van der Waals surface area contributed by atoms with Gasteiger partial charge in [-0.3, -0.25) is 9.35 Å². The maximum atomic E-state index is 10.00. The van der Waals surface area contributed by atoms with Crippen LogP contribution >= 0.6 is 0 Å². The topological polar surface area (TPSA) is 135 Å². The number of amides is 1. The number of carbonyl (C=O) groups excluding carboxylic acids is 1. The van der Waals surface area contributed by atoms with Crippen LogP contribution in [0, 0.1) is 5.92 Å². The van der Waals surface area contributed by atoms with E-state index in [2.05, 4.69) is 18.9 Å². The van der Waals surface area contributed by atoms with Crippen LogP contribution in [0.1, 0.15) is 20.8 Å². The average Bonchev–Trinajstić information content (AvgIpc) is 2.15. The summed E-state index contributed by atoms with van der Waals surface area (Å²) in [4.78, 5) is 19.1. The van der Waals surface area contributed by atoms with Gasteiger partial charge in [-0.15, -0.1) is 0 Å². The van der Waals surface area contributed by atoms with Crippen LogP contribution in [0.25, 0.3) is 0 Å². The third kappa shape index (κ3) is 38.5. The first kappa shape index (κ1) is 22.5. The number of carboxylic acid groups (broad SMARTS) is 1. The molecular weight excluding hydrogens is 274 g/mol. The molecule has 0 aliphatic heterocycles. The molecular formula is C11H21NO6S. The Hall–Kier alpha value is -1.67. The molecule has 0 aromatic carbocycles. The van der Waals surface area contributed by atoms with Crippen molar-refractivity contribution in [2.45, 2.75) is 20.8 Å². The summed E-state index contributed by atoms with van der Waals surface area (Å²) >= 11 is 0. The molecule has 0 unspecified atom stereocenters. The summed E-state index contributed by atoms with van der Waals surface area (Å²) in [7, 11) is -3.72. The van der Waals surface area contributed by atoms with E-state index in [0.717, 1.165) is 6.08 Å². The van der Waals surface area contributed by atoms with Crippen LogP contribution in [0.4, 0.5) is 0 Å². The van der Waals surface area contributed by atoms with Gasteiger partial charge in [0, 0.05) is 5.57 Å². The van der Waals surface area contributed by atoms with Crippen LogP contribution in [0.5, 0.6) is 0 Å². The Morgan fingerprint density at radius 1 is 1.37 bits per heavy atom. The van der Waals surface area contributed by atoms with Crippen LogP contribution in [0.15, 0.2) is 24.8 Å². The number of carbonyl (C=O) groups is 2. The second-order valence-electron chi connectivity index (χ2n) is 3.83. The predicted molar refractivity (Wildman–Crippen MR) is 73.1 cm³/mol. The zero-order chi connectivity index (χ0) is 16.2. The largest absolute Gasteiger partial charge is 0.478 e. The monoisotopic (exact) mass is 295 g/mol. The molecule has 0 aliphatic carbocycles. The van der Waals surface area contributed by atoms with E-state index in [1.54, 1.807) is 13.8 Å². The molecule has 0 radical (unpaired) electrons. The summed E-state index contributed by atoms with van der Waals surface area (Å²) in [6, 6.07) is 0. The van der Waals surface area contributed by atoms with E-state index >= 15 is 0 Å². The van der Waals surface area contributed by atoms with Crippen molar-refractivity contribution in [1.29, 1.82) is 0 Å². The fourth-order valence-electron chi connectivity index (χ4n) is 0.421. The Kier molecular flexibility index (Phi) is 13.5. The van der Waals surface area contributed by atoms with Gasteiger partial charge in [0.05, 0.1) is 5.75 Å². The van der Waals surface area contributed by atoms with Crippen LogP contribution in [0.2, 0.25) is 0 Å². The van der Waals surface area contributed by atoms with Gasteiger partial charge in [0.1, 0.15) is 0 Å². The first-order valence-electron chi connectivity index (χ1n) is 5.09. The molecule has 0 atom stereocenters. The van der Waals surface area contributed by atoms with Gasteiger partial charge >= 0.3 is 5.97 Å². The molecule has 19 heavy (non-hydrogen) atoms. The van der Waals surface area contributed by atoms with Crippen LogP contribution < -0.4 is 5.73 Å². The molecule has 112 valence electrons. The van der Waals surface area contributed by atoms with Gasteiger partial charge < -0.3 is 10.8 Å². The molecule has 4 N–H and O–H groups in total. The summed E-state index contributed by atoms with van der Waals surface area (Å²) in [6.07, 6.45) is 1.06. The Morgan fingerprint density at radius 3 is 1.63 bits per heavy atom. The van der Waals surface area contributed by atoms with Gasteiger partial charge in [0.2, 0.25) is 5.91 Å². The molecule has 0 spiro atoms. The van der Waals surface area contributed by atoms with Crippen molar-refractivity contribution in [3.63, 3.8) is 0 Å². The number of hydrogen-bond donors (Lipinski definition) is 3. The number of aliphatic carboxylic acids is 1. The van der Waals surface area contributed by atoms with Gasteiger partial charge in [-0.1, -0.05) is 27.0 Å². The van der Waals surface area contributed by atoms with Gasteiger partial charge in [0.15, 0.2) is 0 Å². The normalized spacial score (nSPS) is 9.32. The first-order chi connectivity index (χ1) is 8.33. The molecule has 0 rings (SSSR count). The minimum absolute atomic E-state index is 0.00463. The lowest BCUT2D eigenvalue weighted by Gasteiger charge is -1.97. The smallest absolute Gasteiger partial charge is 0.330 e. The average molecular weight is 295 g/mol. The van der Waals surface area contributed by atoms with E-state index in [9.17, 15) is 18.0 Å². The highest BCUT2D eigenvalue weighted by molar-refractivity contribution is 7.85.